The first-order valence-corrected chi connectivity index (χ1v) is 12.1. The fourth-order valence-electron chi connectivity index (χ4n) is 4.74. The lowest BCUT2D eigenvalue weighted by molar-refractivity contribution is 0.00373. The van der Waals surface area contributed by atoms with Gasteiger partial charge in [-0.15, -0.1) is 0 Å². The highest BCUT2D eigenvalue weighted by atomic mass is 16.5. The summed E-state index contributed by atoms with van der Waals surface area (Å²) in [6.45, 7) is 0.694. The van der Waals surface area contributed by atoms with Crippen LogP contribution >= 0.6 is 0 Å². The molecule has 186 valence electrons. The Morgan fingerprint density at radius 3 is 2.17 bits per heavy atom. The van der Waals surface area contributed by atoms with Crippen LogP contribution in [0.3, 0.4) is 0 Å². The van der Waals surface area contributed by atoms with Crippen LogP contribution in [0.15, 0.2) is 97.2 Å². The molecule has 0 spiro atoms. The highest BCUT2D eigenvalue weighted by molar-refractivity contribution is 5.65. The Balaban J connectivity index is 2.00. The molecule has 0 aliphatic rings. The molecule has 0 aliphatic carbocycles. The number of benzene rings is 3. The highest BCUT2D eigenvalue weighted by Gasteiger charge is 2.42. The van der Waals surface area contributed by atoms with Crippen molar-refractivity contribution in [2.75, 3.05) is 34.9 Å². The maximum Gasteiger partial charge on any atom is 0.217 e. The fraction of sp³-hybridized carbons (Fsp3) is 0.258. The largest absolute Gasteiger partial charge is 0.497 e. The highest BCUT2D eigenvalue weighted by Crippen LogP contribution is 2.47. The van der Waals surface area contributed by atoms with Gasteiger partial charge in [-0.2, -0.15) is 0 Å². The number of hydrogen-bond donors (Lipinski definition) is 1. The molecule has 0 saturated carbocycles. The first-order valence-electron chi connectivity index (χ1n) is 12.1. The summed E-state index contributed by atoms with van der Waals surface area (Å²) in [7, 11) is 7.31. The summed E-state index contributed by atoms with van der Waals surface area (Å²) in [5, 5.41) is 12.7. The molecule has 4 aromatic rings. The fourth-order valence-corrected chi connectivity index (χ4v) is 4.74. The number of aromatic nitrogens is 1. The number of aliphatic hydroxyl groups is 1. The van der Waals surface area contributed by atoms with Crippen LogP contribution in [-0.4, -0.2) is 49.9 Å². The van der Waals surface area contributed by atoms with Gasteiger partial charge in [0, 0.05) is 29.8 Å². The molecule has 0 bridgehead atoms. The van der Waals surface area contributed by atoms with Gasteiger partial charge in [-0.05, 0) is 55.4 Å². The van der Waals surface area contributed by atoms with Crippen molar-refractivity contribution in [1.82, 2.24) is 9.88 Å². The van der Waals surface area contributed by atoms with Gasteiger partial charge in [0.05, 0.1) is 14.2 Å². The van der Waals surface area contributed by atoms with Crippen LogP contribution in [-0.2, 0) is 5.60 Å². The SMILES string of the molecule is COc1cccc(C(c2cc(-c3ccccc3)cnc2OC)C(O)(CCN(C)C)c2ccccc2)c1. The van der Waals surface area contributed by atoms with Crippen LogP contribution in [0.25, 0.3) is 11.1 Å². The summed E-state index contributed by atoms with van der Waals surface area (Å²) < 4.78 is 11.4. The second-order valence-corrected chi connectivity index (χ2v) is 9.24. The van der Waals surface area contributed by atoms with Crippen LogP contribution < -0.4 is 9.47 Å². The average Bonchev–Trinajstić information content (AvgIpc) is 2.93. The molecular weight excluding hydrogens is 448 g/mol. The first kappa shape index (κ1) is 25.4. The van der Waals surface area contributed by atoms with Crippen LogP contribution in [0.4, 0.5) is 0 Å². The van der Waals surface area contributed by atoms with E-state index < -0.39 is 11.5 Å². The number of methoxy groups -OCH3 is 2. The molecule has 1 aromatic heterocycles. The van der Waals surface area contributed by atoms with Crippen molar-refractivity contribution in [2.45, 2.75) is 17.9 Å². The minimum absolute atomic E-state index is 0.471. The van der Waals surface area contributed by atoms with Gasteiger partial charge in [-0.3, -0.25) is 0 Å². The average molecular weight is 483 g/mol. The molecule has 2 unspecified atom stereocenters. The predicted molar refractivity (Wildman–Crippen MR) is 145 cm³/mol. The molecule has 2 atom stereocenters. The van der Waals surface area contributed by atoms with E-state index in [1.54, 1.807) is 14.2 Å². The third-order valence-corrected chi connectivity index (χ3v) is 6.61. The summed E-state index contributed by atoms with van der Waals surface area (Å²) in [5.41, 5.74) is 3.34. The van der Waals surface area contributed by atoms with Crippen molar-refractivity contribution in [3.8, 4) is 22.8 Å². The lowest BCUT2D eigenvalue weighted by Crippen LogP contribution is -2.37. The van der Waals surface area contributed by atoms with Gasteiger partial charge in [0.15, 0.2) is 0 Å². The standard InChI is InChI=1S/C31H34N2O3/c1-33(2)19-18-31(34,26-15-9-6-10-16-26)29(24-14-11-17-27(20-24)35-3)28-21-25(22-32-30(28)36-4)23-12-7-5-8-13-23/h5-17,20-22,29,34H,18-19H2,1-4H3. The molecule has 1 heterocycles. The second kappa shape index (κ2) is 11.4. The van der Waals surface area contributed by atoms with E-state index in [9.17, 15) is 5.11 Å². The smallest absolute Gasteiger partial charge is 0.217 e. The van der Waals surface area contributed by atoms with E-state index in [4.69, 9.17) is 9.47 Å². The van der Waals surface area contributed by atoms with E-state index in [0.717, 1.165) is 33.6 Å². The van der Waals surface area contributed by atoms with Crippen LogP contribution in [0, 0.1) is 0 Å². The molecule has 0 saturated heterocycles. The zero-order valence-electron chi connectivity index (χ0n) is 21.4. The van der Waals surface area contributed by atoms with Gasteiger partial charge in [-0.25, -0.2) is 4.98 Å². The third-order valence-electron chi connectivity index (χ3n) is 6.61. The predicted octanol–water partition coefficient (Wildman–Crippen LogP) is 5.74. The van der Waals surface area contributed by atoms with E-state index in [-0.39, 0.29) is 0 Å². The van der Waals surface area contributed by atoms with E-state index in [2.05, 4.69) is 28.1 Å². The third kappa shape index (κ3) is 5.43. The van der Waals surface area contributed by atoms with Gasteiger partial charge < -0.3 is 19.5 Å². The zero-order chi connectivity index (χ0) is 25.5. The zero-order valence-corrected chi connectivity index (χ0v) is 21.4. The van der Waals surface area contributed by atoms with Crippen molar-refractivity contribution in [1.29, 1.82) is 0 Å². The van der Waals surface area contributed by atoms with Gasteiger partial charge in [0.25, 0.3) is 0 Å². The Bertz CT molecular complexity index is 1260. The molecule has 0 radical (unpaired) electrons. The molecule has 36 heavy (non-hydrogen) atoms. The summed E-state index contributed by atoms with van der Waals surface area (Å²) >= 11 is 0. The van der Waals surface area contributed by atoms with Crippen molar-refractivity contribution in [2.24, 2.45) is 0 Å². The first-order chi connectivity index (χ1) is 17.5. The van der Waals surface area contributed by atoms with Crippen LogP contribution in [0.1, 0.15) is 29.0 Å². The summed E-state index contributed by atoms with van der Waals surface area (Å²) in [5.74, 6) is 0.745. The van der Waals surface area contributed by atoms with E-state index in [1.807, 2.05) is 93.1 Å². The minimum Gasteiger partial charge on any atom is -0.497 e. The minimum atomic E-state index is -1.25. The van der Waals surface area contributed by atoms with E-state index in [0.29, 0.717) is 18.8 Å². The molecule has 1 N–H and O–H groups in total. The van der Waals surface area contributed by atoms with Gasteiger partial charge in [0.2, 0.25) is 5.88 Å². The monoisotopic (exact) mass is 482 g/mol. The number of nitrogens with zero attached hydrogens (tertiary/aromatic N) is 2. The summed E-state index contributed by atoms with van der Waals surface area (Å²) in [6.07, 6.45) is 2.33. The number of pyridine rings is 1. The van der Waals surface area contributed by atoms with Crippen LogP contribution in [0.5, 0.6) is 11.6 Å². The van der Waals surface area contributed by atoms with E-state index in [1.165, 1.54) is 0 Å². The van der Waals surface area contributed by atoms with Crippen molar-refractivity contribution in [3.63, 3.8) is 0 Å². The molecule has 0 amide bonds. The molecule has 0 fully saturated rings. The molecule has 5 heteroatoms. The van der Waals surface area contributed by atoms with Crippen molar-refractivity contribution < 1.29 is 14.6 Å². The Morgan fingerprint density at radius 2 is 1.53 bits per heavy atom. The quantitative estimate of drug-likeness (QED) is 0.313. The maximum atomic E-state index is 12.7. The Hall–Kier alpha value is -3.67. The summed E-state index contributed by atoms with van der Waals surface area (Å²) in [4.78, 5) is 6.78. The van der Waals surface area contributed by atoms with Gasteiger partial charge >= 0.3 is 0 Å². The maximum absolute atomic E-state index is 12.7. The van der Waals surface area contributed by atoms with Crippen molar-refractivity contribution >= 4 is 0 Å². The molecule has 5 nitrogen and oxygen atoms in total. The normalized spacial score (nSPS) is 13.7. The van der Waals surface area contributed by atoms with Crippen LogP contribution in [0.2, 0.25) is 0 Å². The Morgan fingerprint density at radius 1 is 0.833 bits per heavy atom. The van der Waals surface area contributed by atoms with Gasteiger partial charge in [0.1, 0.15) is 11.4 Å². The lowest BCUT2D eigenvalue weighted by Gasteiger charge is -2.39. The number of ether oxygens (including phenoxy) is 2. The van der Waals surface area contributed by atoms with Gasteiger partial charge in [-0.1, -0.05) is 72.8 Å². The Kier molecular flexibility index (Phi) is 8.04. The van der Waals surface area contributed by atoms with E-state index >= 15 is 0 Å². The lowest BCUT2D eigenvalue weighted by atomic mass is 9.71. The number of rotatable bonds is 10. The Labute approximate surface area is 214 Å². The topological polar surface area (TPSA) is 54.8 Å². The molecule has 4 rings (SSSR count). The molecular formula is C31H34N2O3. The second-order valence-electron chi connectivity index (χ2n) is 9.24. The summed E-state index contributed by atoms with van der Waals surface area (Å²) in [6, 6.07) is 30.0. The molecule has 0 aliphatic heterocycles. The molecule has 3 aromatic carbocycles. The van der Waals surface area contributed by atoms with Crippen molar-refractivity contribution in [3.05, 3.63) is 114 Å². The number of hydrogen-bond acceptors (Lipinski definition) is 5.